The molecule has 0 saturated carbocycles. The first kappa shape index (κ1) is 19.8. The molecule has 140 valence electrons. The minimum absolute atomic E-state index is 0.0518. The number of nitrogens with zero attached hydrogens (tertiary/aromatic N) is 1. The molecule has 0 aromatic heterocycles. The summed E-state index contributed by atoms with van der Waals surface area (Å²) in [6.45, 7) is 8.27. The van der Waals surface area contributed by atoms with Crippen LogP contribution in [0.2, 0.25) is 0 Å². The number of nitrogens with one attached hydrogen (secondary N) is 2. The van der Waals surface area contributed by atoms with Gasteiger partial charge in [-0.05, 0) is 31.5 Å². The van der Waals surface area contributed by atoms with Crippen LogP contribution < -0.4 is 10.0 Å². The van der Waals surface area contributed by atoms with Crippen molar-refractivity contribution < 1.29 is 17.9 Å². The largest absolute Gasteiger partial charge is 0.373 e. The number of amides is 1. The maximum absolute atomic E-state index is 12.4. The first-order chi connectivity index (χ1) is 11.7. The van der Waals surface area contributed by atoms with Crippen molar-refractivity contribution in [3.8, 4) is 0 Å². The molecule has 1 saturated heterocycles. The third kappa shape index (κ3) is 5.78. The molecule has 1 fully saturated rings. The summed E-state index contributed by atoms with van der Waals surface area (Å²) in [6, 6.07) is 7.12. The van der Waals surface area contributed by atoms with Gasteiger partial charge in [-0.15, -0.1) is 0 Å². The van der Waals surface area contributed by atoms with Crippen molar-refractivity contribution in [2.24, 2.45) is 5.92 Å². The summed E-state index contributed by atoms with van der Waals surface area (Å²) < 4.78 is 34.5. The van der Waals surface area contributed by atoms with Gasteiger partial charge in [-0.2, -0.15) is 17.4 Å². The van der Waals surface area contributed by atoms with Gasteiger partial charge in [-0.3, -0.25) is 4.79 Å². The molecule has 0 spiro atoms. The molecule has 2 N–H and O–H groups in total. The van der Waals surface area contributed by atoms with E-state index in [-0.39, 0.29) is 30.6 Å². The Kier molecular flexibility index (Phi) is 6.56. The van der Waals surface area contributed by atoms with Crippen molar-refractivity contribution in [2.75, 3.05) is 18.4 Å². The Morgan fingerprint density at radius 2 is 1.76 bits per heavy atom. The summed E-state index contributed by atoms with van der Waals surface area (Å²) in [5.74, 6) is -0.145. The molecule has 1 aliphatic rings. The third-order valence-electron chi connectivity index (χ3n) is 3.93. The average Bonchev–Trinajstić information content (AvgIpc) is 2.53. The molecule has 25 heavy (non-hydrogen) atoms. The maximum Gasteiger partial charge on any atom is 0.279 e. The van der Waals surface area contributed by atoms with Gasteiger partial charge in [0.15, 0.2) is 0 Å². The molecule has 1 aromatic carbocycles. The van der Waals surface area contributed by atoms with E-state index in [0.717, 1.165) is 5.56 Å². The number of anilines is 1. The Bertz CT molecular complexity index is 678. The number of carbonyl (C=O) groups is 1. The Labute approximate surface area is 149 Å². The van der Waals surface area contributed by atoms with Gasteiger partial charge >= 0.3 is 0 Å². The monoisotopic (exact) mass is 369 g/mol. The van der Waals surface area contributed by atoms with Crippen LogP contribution in [0.4, 0.5) is 5.69 Å². The number of rotatable bonds is 6. The Hall–Kier alpha value is -1.48. The van der Waals surface area contributed by atoms with E-state index in [4.69, 9.17) is 4.74 Å². The lowest BCUT2D eigenvalue weighted by Gasteiger charge is -2.34. The molecule has 0 radical (unpaired) electrons. The van der Waals surface area contributed by atoms with Gasteiger partial charge in [0.1, 0.15) is 0 Å². The van der Waals surface area contributed by atoms with Crippen molar-refractivity contribution in [2.45, 2.75) is 46.4 Å². The second kappa shape index (κ2) is 8.27. The molecule has 1 aromatic rings. The molecule has 8 heteroatoms. The maximum atomic E-state index is 12.4. The molecule has 0 bridgehead atoms. The summed E-state index contributed by atoms with van der Waals surface area (Å²) in [5.41, 5.74) is 1.52. The van der Waals surface area contributed by atoms with Gasteiger partial charge in [-0.25, -0.2) is 0 Å². The standard InChI is InChI=1S/C17H27N3O4S/c1-12(2)17(21)19-16-7-5-15(6-8-16)9-18-25(22,23)20-10-13(3)24-14(4)11-20/h5-8,12-14,18H,9-11H2,1-4H3,(H,19,21). The summed E-state index contributed by atoms with van der Waals surface area (Å²) in [4.78, 5) is 11.7. The summed E-state index contributed by atoms with van der Waals surface area (Å²) >= 11 is 0. The average molecular weight is 369 g/mol. The van der Waals surface area contributed by atoms with Crippen LogP contribution >= 0.6 is 0 Å². The molecule has 2 rings (SSSR count). The van der Waals surface area contributed by atoms with Gasteiger partial charge in [0.05, 0.1) is 12.2 Å². The molecule has 2 atom stereocenters. The van der Waals surface area contributed by atoms with E-state index in [1.54, 1.807) is 24.3 Å². The van der Waals surface area contributed by atoms with Gasteiger partial charge < -0.3 is 10.1 Å². The topological polar surface area (TPSA) is 87.7 Å². The molecule has 1 amide bonds. The normalized spacial score (nSPS) is 22.1. The smallest absolute Gasteiger partial charge is 0.279 e. The van der Waals surface area contributed by atoms with Crippen LogP contribution in [0.3, 0.4) is 0 Å². The van der Waals surface area contributed by atoms with Crippen LogP contribution in [-0.4, -0.2) is 43.9 Å². The Balaban J connectivity index is 1.93. The van der Waals surface area contributed by atoms with E-state index < -0.39 is 10.2 Å². The fourth-order valence-electron chi connectivity index (χ4n) is 2.59. The lowest BCUT2D eigenvalue weighted by molar-refractivity contribution is -0.118. The SMILES string of the molecule is CC1CN(S(=O)(=O)NCc2ccc(NC(=O)C(C)C)cc2)CC(C)O1. The highest BCUT2D eigenvalue weighted by Gasteiger charge is 2.30. The van der Waals surface area contributed by atoms with E-state index in [9.17, 15) is 13.2 Å². The van der Waals surface area contributed by atoms with Crippen molar-refractivity contribution >= 4 is 21.8 Å². The zero-order valence-corrected chi connectivity index (χ0v) is 16.0. The van der Waals surface area contributed by atoms with Gasteiger partial charge in [0.25, 0.3) is 10.2 Å². The number of carbonyl (C=O) groups excluding carboxylic acids is 1. The van der Waals surface area contributed by atoms with Crippen LogP contribution in [0, 0.1) is 5.92 Å². The quantitative estimate of drug-likeness (QED) is 0.799. The number of hydrogen-bond acceptors (Lipinski definition) is 4. The fourth-order valence-corrected chi connectivity index (χ4v) is 3.93. The highest BCUT2D eigenvalue weighted by atomic mass is 32.2. The fraction of sp³-hybridized carbons (Fsp3) is 0.588. The molecule has 1 aliphatic heterocycles. The second-order valence-electron chi connectivity index (χ2n) is 6.74. The minimum atomic E-state index is -3.55. The number of hydrogen-bond donors (Lipinski definition) is 2. The van der Waals surface area contributed by atoms with E-state index in [1.165, 1.54) is 4.31 Å². The number of ether oxygens (including phenoxy) is 1. The second-order valence-corrected chi connectivity index (χ2v) is 8.50. The van der Waals surface area contributed by atoms with E-state index in [2.05, 4.69) is 10.0 Å². The molecular weight excluding hydrogens is 342 g/mol. The highest BCUT2D eigenvalue weighted by Crippen LogP contribution is 2.15. The van der Waals surface area contributed by atoms with E-state index in [0.29, 0.717) is 18.8 Å². The summed E-state index contributed by atoms with van der Waals surface area (Å²) in [5, 5.41) is 2.80. The number of morpholine rings is 1. The molecular formula is C17H27N3O4S. The first-order valence-electron chi connectivity index (χ1n) is 8.47. The molecule has 7 nitrogen and oxygen atoms in total. The third-order valence-corrected chi connectivity index (χ3v) is 5.42. The van der Waals surface area contributed by atoms with E-state index >= 15 is 0 Å². The lowest BCUT2D eigenvalue weighted by atomic mass is 10.2. The van der Waals surface area contributed by atoms with Crippen molar-refractivity contribution in [1.29, 1.82) is 0 Å². The summed E-state index contributed by atoms with van der Waals surface area (Å²) in [6.07, 6.45) is -0.242. The van der Waals surface area contributed by atoms with Crippen molar-refractivity contribution in [1.82, 2.24) is 9.03 Å². The summed E-state index contributed by atoms with van der Waals surface area (Å²) in [7, 11) is -3.55. The molecule has 0 aliphatic carbocycles. The Morgan fingerprint density at radius 1 is 1.20 bits per heavy atom. The molecule has 1 heterocycles. The van der Waals surface area contributed by atoms with Crippen LogP contribution in [0.15, 0.2) is 24.3 Å². The Morgan fingerprint density at radius 3 is 2.28 bits per heavy atom. The zero-order chi connectivity index (χ0) is 18.6. The lowest BCUT2D eigenvalue weighted by Crippen LogP contribution is -2.51. The van der Waals surface area contributed by atoms with Crippen molar-refractivity contribution in [3.63, 3.8) is 0 Å². The first-order valence-corrected chi connectivity index (χ1v) is 9.91. The zero-order valence-electron chi connectivity index (χ0n) is 15.2. The predicted molar refractivity (Wildman–Crippen MR) is 97.3 cm³/mol. The minimum Gasteiger partial charge on any atom is -0.373 e. The van der Waals surface area contributed by atoms with Crippen LogP contribution in [-0.2, 0) is 26.3 Å². The van der Waals surface area contributed by atoms with Crippen LogP contribution in [0.5, 0.6) is 0 Å². The van der Waals surface area contributed by atoms with Gasteiger partial charge in [0.2, 0.25) is 5.91 Å². The van der Waals surface area contributed by atoms with Gasteiger partial charge in [-0.1, -0.05) is 26.0 Å². The van der Waals surface area contributed by atoms with Crippen LogP contribution in [0.25, 0.3) is 0 Å². The van der Waals surface area contributed by atoms with Crippen molar-refractivity contribution in [3.05, 3.63) is 29.8 Å². The van der Waals surface area contributed by atoms with E-state index in [1.807, 2.05) is 27.7 Å². The predicted octanol–water partition coefficient (Wildman–Crippen LogP) is 1.72. The molecule has 2 unspecified atom stereocenters. The highest BCUT2D eigenvalue weighted by molar-refractivity contribution is 7.87. The van der Waals surface area contributed by atoms with Gasteiger partial charge in [0, 0.05) is 31.2 Å². The van der Waals surface area contributed by atoms with Crippen LogP contribution in [0.1, 0.15) is 33.3 Å². The number of benzene rings is 1.